The molecule has 1 atom stereocenters. The molecule has 12 rings (SSSR count). The van der Waals surface area contributed by atoms with E-state index in [9.17, 15) is 20.6 Å². The molecule has 0 fully saturated rings. The Morgan fingerprint density at radius 1 is 0.349 bits per heavy atom. The Balaban J connectivity index is 1.34. The maximum atomic E-state index is 10.2. The second-order valence-electron chi connectivity index (χ2n) is 13.8. The lowest BCUT2D eigenvalue weighted by Gasteiger charge is -2.35. The molecule has 9 aromatic carbocycles. The first-order chi connectivity index (χ1) is 43.3. The van der Waals surface area contributed by atoms with Gasteiger partial charge in [-0.05, 0) is 56.0 Å². The average Bonchev–Trinajstić information content (AvgIpc) is 1.16. The molecule has 63 heavy (non-hydrogen) atoms. The fraction of sp³-hybridized carbons (Fsp3) is 0. The van der Waals surface area contributed by atoms with Crippen LogP contribution in [-0.4, -0.2) is 32.2 Å². The van der Waals surface area contributed by atoms with Crippen molar-refractivity contribution >= 4 is 72.4 Å². The van der Waals surface area contributed by atoms with E-state index in [2.05, 4.69) is 0 Å². The zero-order chi connectivity index (χ0) is 67.0. The summed E-state index contributed by atoms with van der Waals surface area (Å²) in [6.07, 6.45) is 0. The summed E-state index contributed by atoms with van der Waals surface area (Å²) in [5, 5.41) is -4.01. The molecule has 0 spiro atoms. The molecule has 0 saturated heterocycles. The highest BCUT2D eigenvalue weighted by molar-refractivity contribution is 7.20. The van der Waals surface area contributed by atoms with Gasteiger partial charge in [0.05, 0.1) is 61.8 Å². The van der Waals surface area contributed by atoms with E-state index in [4.69, 9.17) is 34.1 Å². The summed E-state index contributed by atoms with van der Waals surface area (Å²) in [6.45, 7) is 0. The summed E-state index contributed by atoms with van der Waals surface area (Å²) in [5.41, 5.74) is -2.71. The molecular formula is C57H39N5Si. The SMILES string of the molecule is [2H]c1cc([Si](c2cccc(-c3nc(-n4c5c([2H])c([2H])c([2H])c([2H])c5c5c([2H])c([2H])c([2H])c([2H])c54)nc(-n4c5c([2H])c([2H])c([2H])c([2H])c5c5c([2H])c([2H])c([2H])c([2H])c54)n3)c2)(c2c([2H])c([2H])c([2H])c([2H])c2[2H])c2c([2H])c([2H])c([2H])c(-c3ccccc3)c2[2H])c([2H])c([2H])c1[2H]. The monoisotopic (exact) mass is 850 g/mol. The predicted octanol–water partition coefficient (Wildman–Crippen LogP) is 10.8. The van der Waals surface area contributed by atoms with Crippen molar-refractivity contribution in [2.45, 2.75) is 0 Å². The van der Waals surface area contributed by atoms with Crippen molar-refractivity contribution in [1.82, 2.24) is 24.1 Å². The molecule has 1 unspecified atom stereocenters. The number of benzene rings is 9. The van der Waals surface area contributed by atoms with Crippen LogP contribution in [0.2, 0.25) is 0 Å². The van der Waals surface area contributed by atoms with Gasteiger partial charge >= 0.3 is 0 Å². The van der Waals surface area contributed by atoms with Gasteiger partial charge in [0.15, 0.2) is 13.9 Å². The predicted molar refractivity (Wildman–Crippen MR) is 263 cm³/mol. The molecule has 0 saturated carbocycles. The van der Waals surface area contributed by atoms with E-state index >= 15 is 0 Å². The minimum atomic E-state index is -5.66. The van der Waals surface area contributed by atoms with Gasteiger partial charge in [-0.1, -0.05) is 212 Å². The Morgan fingerprint density at radius 2 is 0.841 bits per heavy atom. The Labute approximate surface area is 406 Å². The van der Waals surface area contributed by atoms with E-state index < -0.39 is 260 Å². The first kappa shape index (κ1) is 17.7. The Hall–Kier alpha value is -8.19. The van der Waals surface area contributed by atoms with Crippen LogP contribution in [0.4, 0.5) is 0 Å². The van der Waals surface area contributed by atoms with E-state index in [-0.39, 0.29) is 21.9 Å². The Morgan fingerprint density at radius 3 is 1.43 bits per heavy atom. The number of hydrogen-bond donors (Lipinski definition) is 0. The molecule has 0 aliphatic carbocycles. The van der Waals surface area contributed by atoms with Crippen LogP contribution >= 0.6 is 0 Å². The lowest BCUT2D eigenvalue weighted by atomic mass is 10.1. The number of hydrogen-bond acceptors (Lipinski definition) is 3. The second kappa shape index (κ2) is 15.1. The molecule has 296 valence electrons. The fourth-order valence-electron chi connectivity index (χ4n) is 7.85. The van der Waals surface area contributed by atoms with Gasteiger partial charge in [0.1, 0.15) is 0 Å². The Kier molecular flexibility index (Phi) is 4.22. The van der Waals surface area contributed by atoms with Crippen molar-refractivity contribution in [3.8, 4) is 34.4 Å². The van der Waals surface area contributed by atoms with Crippen LogP contribution in [-0.2, 0) is 0 Å². The first-order valence-electron chi connectivity index (χ1n) is 33.5. The van der Waals surface area contributed by atoms with Crippen molar-refractivity contribution in [3.05, 3.63) is 236 Å². The van der Waals surface area contributed by atoms with Gasteiger partial charge in [0.2, 0.25) is 11.9 Å². The van der Waals surface area contributed by atoms with Crippen LogP contribution in [0, 0.1) is 0 Å². The summed E-state index contributed by atoms with van der Waals surface area (Å²) in [6, 6.07) is -11.0. The first-order valence-corrected chi connectivity index (χ1v) is 21.0. The highest BCUT2D eigenvalue weighted by Crippen LogP contribution is 2.34. The number of para-hydroxylation sites is 4. The minimum absolute atomic E-state index is 0.134. The summed E-state index contributed by atoms with van der Waals surface area (Å²) in [7, 11) is -5.66. The number of fused-ring (bicyclic) bond motifs is 6. The normalized spacial score (nSPS) is 19.0. The van der Waals surface area contributed by atoms with Crippen molar-refractivity contribution in [2.24, 2.45) is 0 Å². The number of aromatic nitrogens is 5. The van der Waals surface area contributed by atoms with Gasteiger partial charge in [-0.15, -0.1) is 0 Å². The number of nitrogens with zero attached hydrogens (tertiary/aromatic N) is 5. The van der Waals surface area contributed by atoms with Crippen LogP contribution < -0.4 is 20.7 Å². The summed E-state index contributed by atoms with van der Waals surface area (Å²) in [5.74, 6) is -2.23. The lowest BCUT2D eigenvalue weighted by Crippen LogP contribution is -2.74. The van der Waals surface area contributed by atoms with Crippen LogP contribution in [0.3, 0.4) is 0 Å². The molecule has 0 amide bonds. The van der Waals surface area contributed by atoms with Crippen molar-refractivity contribution in [3.63, 3.8) is 0 Å². The molecule has 3 aromatic heterocycles. The minimum Gasteiger partial charge on any atom is -0.278 e. The summed E-state index contributed by atoms with van der Waals surface area (Å²) >= 11 is 0. The zero-order valence-corrected chi connectivity index (χ0v) is 33.0. The standard InChI is InChI=1S/C57H39N5Si/c1-4-20-40(21-5-1)41-22-18-28-45(38-41)63(43-24-6-2-7-25-43,44-26-8-3-9-27-44)46-29-19-23-42(39-46)55-58-56(61-51-34-14-10-30-47(51)48-31-11-15-35-52(48)61)60-57(59-55)62-53-36-16-12-32-49(53)50-33-13-17-37-54(50)62/h1-39H/i2D,3D,6D,7D,8D,9D,10D,11D,12D,13D,14D,15D,16D,17D,18D,22D,24D,25D,26D,28D,30D,31D,32D,33D,34D,35D,36D,37D,38D. The maximum absolute atomic E-state index is 10.2. The van der Waals surface area contributed by atoms with E-state index in [1.165, 1.54) is 36.4 Å². The fourth-order valence-corrected chi connectivity index (χ4v) is 11.9. The molecule has 6 heteroatoms. The molecule has 0 N–H and O–H groups in total. The lowest BCUT2D eigenvalue weighted by molar-refractivity contribution is 0.893. The van der Waals surface area contributed by atoms with Gasteiger partial charge in [-0.3, -0.25) is 9.13 Å². The van der Waals surface area contributed by atoms with Gasteiger partial charge in [-0.25, -0.2) is 0 Å². The van der Waals surface area contributed by atoms with Gasteiger partial charge < -0.3 is 0 Å². The molecule has 0 radical (unpaired) electrons. The largest absolute Gasteiger partial charge is 0.278 e. The molecule has 0 aliphatic rings. The maximum Gasteiger partial charge on any atom is 0.240 e. The molecule has 12 aromatic rings. The van der Waals surface area contributed by atoms with E-state index in [0.29, 0.717) is 0 Å². The molecule has 0 aliphatic heterocycles. The summed E-state index contributed by atoms with van der Waals surface area (Å²) in [4.78, 5) is 14.4. The third-order valence-electron chi connectivity index (χ3n) is 10.5. The molecular weight excluding hydrogens is 783 g/mol. The highest BCUT2D eigenvalue weighted by Gasteiger charge is 2.42. The second-order valence-corrected chi connectivity index (χ2v) is 17.5. The highest BCUT2D eigenvalue weighted by atomic mass is 28.3. The van der Waals surface area contributed by atoms with Crippen LogP contribution in [0.15, 0.2) is 236 Å². The van der Waals surface area contributed by atoms with E-state index in [0.717, 1.165) is 15.2 Å². The van der Waals surface area contributed by atoms with Crippen molar-refractivity contribution in [1.29, 1.82) is 0 Å². The van der Waals surface area contributed by atoms with Gasteiger partial charge in [-0.2, -0.15) is 15.0 Å². The molecule has 0 bridgehead atoms. The number of rotatable bonds is 8. The zero-order valence-electron chi connectivity index (χ0n) is 61.0. The smallest absolute Gasteiger partial charge is 0.240 e. The third kappa shape index (κ3) is 5.95. The average molecular weight is 851 g/mol. The van der Waals surface area contributed by atoms with Gasteiger partial charge in [0.25, 0.3) is 0 Å². The van der Waals surface area contributed by atoms with Gasteiger partial charge in [0, 0.05) is 27.1 Å². The van der Waals surface area contributed by atoms with Crippen LogP contribution in [0.5, 0.6) is 0 Å². The Bertz CT molecular complexity index is 5000. The van der Waals surface area contributed by atoms with E-state index in [1.54, 1.807) is 18.2 Å². The van der Waals surface area contributed by atoms with Crippen molar-refractivity contribution in [2.75, 3.05) is 0 Å². The molecule has 3 heterocycles. The quantitative estimate of drug-likeness (QED) is 0.113. The van der Waals surface area contributed by atoms with Crippen LogP contribution in [0.1, 0.15) is 39.8 Å². The molecule has 5 nitrogen and oxygen atoms in total. The van der Waals surface area contributed by atoms with E-state index in [1.807, 2.05) is 0 Å². The van der Waals surface area contributed by atoms with Crippen LogP contribution in [0.25, 0.3) is 78.0 Å². The summed E-state index contributed by atoms with van der Waals surface area (Å²) < 4.78 is 268. The van der Waals surface area contributed by atoms with Crippen molar-refractivity contribution < 1.29 is 39.8 Å². The third-order valence-corrected chi connectivity index (χ3v) is 14.8. The topological polar surface area (TPSA) is 48.5 Å².